The highest BCUT2D eigenvalue weighted by molar-refractivity contribution is 5.57. The zero-order valence-electron chi connectivity index (χ0n) is 14.6. The van der Waals surface area contributed by atoms with Crippen molar-refractivity contribution in [2.24, 2.45) is 0 Å². The molecule has 0 spiro atoms. The van der Waals surface area contributed by atoms with Crippen LogP contribution in [0.5, 0.6) is 0 Å². The van der Waals surface area contributed by atoms with Crippen LogP contribution in [0, 0.1) is 19.7 Å². The van der Waals surface area contributed by atoms with Gasteiger partial charge in [0.2, 0.25) is 0 Å². The molecule has 118 valence electrons. The summed E-state index contributed by atoms with van der Waals surface area (Å²) < 4.78 is 14.4. The molecule has 1 heterocycles. The van der Waals surface area contributed by atoms with Crippen LogP contribution in [0.25, 0.3) is 11.4 Å². The molecular weight excluding hydrogens is 275 g/mol. The molecule has 0 fully saturated rings. The summed E-state index contributed by atoms with van der Waals surface area (Å²) in [6, 6.07) is 5.30. The van der Waals surface area contributed by atoms with Gasteiger partial charge in [-0.2, -0.15) is 0 Å². The number of hydrogen-bond acceptors (Lipinski definition) is 2. The van der Waals surface area contributed by atoms with Crippen molar-refractivity contribution in [1.29, 1.82) is 0 Å². The molecule has 0 radical (unpaired) electrons. The van der Waals surface area contributed by atoms with Gasteiger partial charge in [-0.05, 0) is 42.4 Å². The highest BCUT2D eigenvalue weighted by atomic mass is 19.1. The van der Waals surface area contributed by atoms with Crippen molar-refractivity contribution in [3.63, 3.8) is 0 Å². The van der Waals surface area contributed by atoms with Crippen molar-refractivity contribution in [2.45, 2.75) is 59.8 Å². The van der Waals surface area contributed by atoms with E-state index in [1.807, 2.05) is 46.8 Å². The fourth-order valence-electron chi connectivity index (χ4n) is 2.95. The van der Waals surface area contributed by atoms with E-state index in [1.165, 1.54) is 5.56 Å². The first-order valence-corrected chi connectivity index (χ1v) is 7.76. The molecule has 0 atom stereocenters. The van der Waals surface area contributed by atoms with E-state index in [-0.39, 0.29) is 11.2 Å². The predicted molar refractivity (Wildman–Crippen MR) is 89.7 cm³/mol. The van der Waals surface area contributed by atoms with E-state index in [0.717, 1.165) is 17.0 Å². The summed E-state index contributed by atoms with van der Waals surface area (Å²) in [6.45, 7) is 14.3. The summed E-state index contributed by atoms with van der Waals surface area (Å²) in [7, 11) is 0. The number of halogens is 1. The van der Waals surface area contributed by atoms with E-state index < -0.39 is 0 Å². The lowest BCUT2D eigenvalue weighted by Crippen LogP contribution is -2.13. The Morgan fingerprint density at radius 1 is 1.00 bits per heavy atom. The number of aromatic nitrogens is 2. The molecule has 0 aliphatic carbocycles. The maximum Gasteiger partial charge on any atom is 0.159 e. The largest absolute Gasteiger partial charge is 0.233 e. The van der Waals surface area contributed by atoms with Crippen molar-refractivity contribution in [1.82, 2.24) is 9.97 Å². The van der Waals surface area contributed by atoms with Gasteiger partial charge in [-0.25, -0.2) is 14.4 Å². The van der Waals surface area contributed by atoms with Gasteiger partial charge in [-0.3, -0.25) is 0 Å². The lowest BCUT2D eigenvalue weighted by molar-refractivity contribution is 0.523. The molecular formula is C19H25FN2. The van der Waals surface area contributed by atoms with Gasteiger partial charge >= 0.3 is 0 Å². The highest BCUT2D eigenvalue weighted by Gasteiger charge is 2.19. The summed E-state index contributed by atoms with van der Waals surface area (Å²) in [5, 5.41) is 0. The van der Waals surface area contributed by atoms with Gasteiger partial charge in [0.25, 0.3) is 0 Å². The minimum atomic E-state index is -0.212. The van der Waals surface area contributed by atoms with Crippen LogP contribution in [0.1, 0.15) is 63.1 Å². The molecule has 2 aromatic rings. The standard InChI is InChI=1S/C19H25FN2/c1-11(2)17-12(3)21-18(22-13(17)4)14-8-9-15(16(20)10-14)19(5,6)7/h8-11H,1-7H3. The van der Waals surface area contributed by atoms with Gasteiger partial charge in [0.05, 0.1) is 0 Å². The Kier molecular flexibility index (Phi) is 4.37. The third-order valence-corrected chi connectivity index (χ3v) is 3.94. The Labute approximate surface area is 132 Å². The molecule has 1 aromatic heterocycles. The number of nitrogens with zero attached hydrogens (tertiary/aromatic N) is 2. The fraction of sp³-hybridized carbons (Fsp3) is 0.474. The molecule has 0 aliphatic heterocycles. The van der Waals surface area contributed by atoms with E-state index in [9.17, 15) is 4.39 Å². The molecule has 1 aromatic carbocycles. The van der Waals surface area contributed by atoms with E-state index in [0.29, 0.717) is 17.3 Å². The second kappa shape index (κ2) is 5.79. The first kappa shape index (κ1) is 16.6. The molecule has 2 rings (SSSR count). The van der Waals surface area contributed by atoms with Gasteiger partial charge in [0, 0.05) is 17.0 Å². The number of aryl methyl sites for hydroxylation is 2. The summed E-state index contributed by atoms with van der Waals surface area (Å²) in [5.41, 5.74) is 4.35. The molecule has 22 heavy (non-hydrogen) atoms. The average molecular weight is 300 g/mol. The molecule has 0 saturated carbocycles. The predicted octanol–water partition coefficient (Wildman–Crippen LogP) is 5.32. The zero-order chi connectivity index (χ0) is 16.7. The third-order valence-electron chi connectivity index (χ3n) is 3.94. The second-order valence-corrected chi connectivity index (χ2v) is 7.23. The highest BCUT2D eigenvalue weighted by Crippen LogP contribution is 2.29. The first-order valence-electron chi connectivity index (χ1n) is 7.76. The Morgan fingerprint density at radius 2 is 1.55 bits per heavy atom. The lowest BCUT2D eigenvalue weighted by Gasteiger charge is -2.20. The van der Waals surface area contributed by atoms with E-state index in [1.54, 1.807) is 6.07 Å². The first-order chi connectivity index (χ1) is 10.1. The van der Waals surface area contributed by atoms with Crippen LogP contribution >= 0.6 is 0 Å². The van der Waals surface area contributed by atoms with E-state index in [4.69, 9.17) is 0 Å². The maximum atomic E-state index is 14.4. The van der Waals surface area contributed by atoms with Gasteiger partial charge in [-0.15, -0.1) is 0 Å². The number of rotatable bonds is 2. The lowest BCUT2D eigenvalue weighted by atomic mass is 9.86. The Balaban J connectivity index is 2.52. The van der Waals surface area contributed by atoms with Gasteiger partial charge in [0.1, 0.15) is 5.82 Å². The quantitative estimate of drug-likeness (QED) is 0.750. The van der Waals surface area contributed by atoms with Gasteiger partial charge in [-0.1, -0.05) is 46.8 Å². The minimum Gasteiger partial charge on any atom is -0.233 e. The number of hydrogen-bond donors (Lipinski definition) is 0. The van der Waals surface area contributed by atoms with Crippen molar-refractivity contribution in [3.8, 4) is 11.4 Å². The SMILES string of the molecule is Cc1nc(-c2ccc(C(C)(C)C)c(F)c2)nc(C)c1C(C)C. The van der Waals surface area contributed by atoms with Crippen LogP contribution in [0.4, 0.5) is 4.39 Å². The second-order valence-electron chi connectivity index (χ2n) is 7.23. The van der Waals surface area contributed by atoms with E-state index in [2.05, 4.69) is 23.8 Å². The van der Waals surface area contributed by atoms with Gasteiger partial charge < -0.3 is 0 Å². The van der Waals surface area contributed by atoms with E-state index >= 15 is 0 Å². The van der Waals surface area contributed by atoms with Crippen LogP contribution in [0.15, 0.2) is 18.2 Å². The average Bonchev–Trinajstić information content (AvgIpc) is 2.35. The monoisotopic (exact) mass is 300 g/mol. The third kappa shape index (κ3) is 3.18. The van der Waals surface area contributed by atoms with Crippen LogP contribution in [0.3, 0.4) is 0 Å². The molecule has 0 bridgehead atoms. The summed E-state index contributed by atoms with van der Waals surface area (Å²) in [5.74, 6) is 0.782. The summed E-state index contributed by atoms with van der Waals surface area (Å²) >= 11 is 0. The van der Waals surface area contributed by atoms with Crippen LogP contribution in [-0.4, -0.2) is 9.97 Å². The Bertz CT molecular complexity index is 674. The van der Waals surface area contributed by atoms with Gasteiger partial charge in [0.15, 0.2) is 5.82 Å². The fourth-order valence-corrected chi connectivity index (χ4v) is 2.95. The molecule has 0 unspecified atom stereocenters. The molecule has 0 N–H and O–H groups in total. The van der Waals surface area contributed by atoms with Crippen molar-refractivity contribution < 1.29 is 4.39 Å². The normalized spacial score (nSPS) is 12.0. The zero-order valence-corrected chi connectivity index (χ0v) is 14.6. The van der Waals surface area contributed by atoms with Crippen molar-refractivity contribution in [2.75, 3.05) is 0 Å². The maximum absolute atomic E-state index is 14.4. The molecule has 0 amide bonds. The molecule has 2 nitrogen and oxygen atoms in total. The summed E-state index contributed by atoms with van der Waals surface area (Å²) in [6.07, 6.45) is 0. The Hall–Kier alpha value is -1.77. The molecule has 0 aliphatic rings. The molecule has 0 saturated heterocycles. The van der Waals surface area contributed by atoms with Crippen molar-refractivity contribution in [3.05, 3.63) is 46.5 Å². The number of benzene rings is 1. The smallest absolute Gasteiger partial charge is 0.159 e. The minimum absolute atomic E-state index is 0.197. The summed E-state index contributed by atoms with van der Waals surface area (Å²) in [4.78, 5) is 9.16. The van der Waals surface area contributed by atoms with Crippen LogP contribution in [-0.2, 0) is 5.41 Å². The van der Waals surface area contributed by atoms with Crippen LogP contribution in [0.2, 0.25) is 0 Å². The van der Waals surface area contributed by atoms with Crippen LogP contribution < -0.4 is 0 Å². The van der Waals surface area contributed by atoms with Crippen molar-refractivity contribution >= 4 is 0 Å². The topological polar surface area (TPSA) is 25.8 Å². The molecule has 3 heteroatoms. The Morgan fingerprint density at radius 3 is 1.95 bits per heavy atom.